The molecule has 0 bridgehead atoms. The first-order valence-electron chi connectivity index (χ1n) is 4.81. The predicted octanol–water partition coefficient (Wildman–Crippen LogP) is -2.11. The minimum atomic E-state index is -4.82. The summed E-state index contributed by atoms with van der Waals surface area (Å²) in [5.41, 5.74) is 0. The quantitative estimate of drug-likeness (QED) is 0.556. The third-order valence-electron chi connectivity index (χ3n) is 2.64. The van der Waals surface area contributed by atoms with E-state index in [1.54, 1.807) is 0 Å². The smallest absolute Gasteiger partial charge is 0.448 e. The number of nitrogens with zero attached hydrogens (tertiary/aromatic N) is 1. The second-order valence-corrected chi connectivity index (χ2v) is 6.34. The van der Waals surface area contributed by atoms with E-state index < -0.39 is 23.3 Å². The Kier molecular flexibility index (Phi) is 7.11. The van der Waals surface area contributed by atoms with E-state index in [-0.39, 0.29) is 68.9 Å². The standard InChI is InChI=1S/C7H14BF3NO2S.K/c1-12(6-8(9,10)11)7-2-4-15(13,14)5-3-7;/h7H,2-6H2,1H3;/q-1;+1. The molecule has 0 amide bonds. The second-order valence-electron chi connectivity index (χ2n) is 4.03. The molecule has 0 unspecified atom stereocenters. The molecule has 1 saturated heterocycles. The molecule has 1 aliphatic heterocycles. The van der Waals surface area contributed by atoms with Crippen molar-refractivity contribution in [3.8, 4) is 0 Å². The van der Waals surface area contributed by atoms with Gasteiger partial charge in [-0.3, -0.25) is 0 Å². The maximum absolute atomic E-state index is 12.1. The van der Waals surface area contributed by atoms with Crippen LogP contribution >= 0.6 is 0 Å². The maximum Gasteiger partial charge on any atom is 1.00 e. The van der Waals surface area contributed by atoms with Crippen LogP contribution in [0.15, 0.2) is 0 Å². The third kappa shape index (κ3) is 6.37. The topological polar surface area (TPSA) is 37.4 Å². The van der Waals surface area contributed by atoms with E-state index in [4.69, 9.17) is 0 Å². The Morgan fingerprint density at radius 1 is 1.25 bits per heavy atom. The number of halogens is 3. The second kappa shape index (κ2) is 6.53. The van der Waals surface area contributed by atoms with Crippen molar-refractivity contribution < 1.29 is 72.7 Å². The normalized spacial score (nSPS) is 21.8. The van der Waals surface area contributed by atoms with Gasteiger partial charge in [0, 0.05) is 6.04 Å². The van der Waals surface area contributed by atoms with Gasteiger partial charge in [0.05, 0.1) is 11.5 Å². The van der Waals surface area contributed by atoms with Crippen LogP contribution in [0.5, 0.6) is 0 Å². The van der Waals surface area contributed by atoms with Crippen LogP contribution in [-0.4, -0.2) is 51.3 Å². The largest absolute Gasteiger partial charge is 1.00 e. The Hall–Kier alpha value is 1.40. The number of sulfone groups is 1. The molecule has 0 aromatic carbocycles. The molecule has 0 spiro atoms. The van der Waals surface area contributed by atoms with Gasteiger partial charge in [-0.2, -0.15) is 0 Å². The fourth-order valence-electron chi connectivity index (χ4n) is 1.79. The number of hydrogen-bond donors (Lipinski definition) is 0. The average molecular weight is 283 g/mol. The van der Waals surface area contributed by atoms with Gasteiger partial charge in [0.1, 0.15) is 9.84 Å². The SMILES string of the molecule is CN(C[B-](F)(F)F)C1CCS(=O)(=O)CC1.[K+]. The summed E-state index contributed by atoms with van der Waals surface area (Å²) in [5.74, 6) is 0.0136. The van der Waals surface area contributed by atoms with Crippen LogP contribution in [0.1, 0.15) is 12.8 Å². The Morgan fingerprint density at radius 2 is 1.69 bits per heavy atom. The molecule has 3 nitrogen and oxygen atoms in total. The molecule has 0 saturated carbocycles. The van der Waals surface area contributed by atoms with E-state index in [2.05, 4.69) is 0 Å². The molecule has 0 radical (unpaired) electrons. The first-order valence-corrected chi connectivity index (χ1v) is 6.63. The van der Waals surface area contributed by atoms with Crippen LogP contribution in [0.2, 0.25) is 0 Å². The van der Waals surface area contributed by atoms with Crippen molar-refractivity contribution in [1.29, 1.82) is 0 Å². The van der Waals surface area contributed by atoms with Gasteiger partial charge >= 0.3 is 58.4 Å². The van der Waals surface area contributed by atoms with Crippen molar-refractivity contribution >= 4 is 16.8 Å². The van der Waals surface area contributed by atoms with Crippen molar-refractivity contribution in [2.24, 2.45) is 0 Å². The molecule has 1 aliphatic rings. The van der Waals surface area contributed by atoms with Crippen LogP contribution in [-0.2, 0) is 9.84 Å². The molecule has 0 aliphatic carbocycles. The summed E-state index contributed by atoms with van der Waals surface area (Å²) < 4.78 is 58.5. The summed E-state index contributed by atoms with van der Waals surface area (Å²) in [6, 6.07) is -0.253. The molecule has 0 atom stereocenters. The van der Waals surface area contributed by atoms with Crippen molar-refractivity contribution in [2.75, 3.05) is 25.0 Å². The van der Waals surface area contributed by atoms with Crippen molar-refractivity contribution in [1.82, 2.24) is 4.90 Å². The first-order chi connectivity index (χ1) is 6.70. The predicted molar refractivity (Wildman–Crippen MR) is 53.4 cm³/mol. The van der Waals surface area contributed by atoms with E-state index >= 15 is 0 Å². The van der Waals surface area contributed by atoms with Gasteiger partial charge in [0.25, 0.3) is 0 Å². The summed E-state index contributed by atoms with van der Waals surface area (Å²) in [6.45, 7) is -4.82. The van der Waals surface area contributed by atoms with Crippen LogP contribution in [0.4, 0.5) is 12.9 Å². The molecule has 0 aromatic heterocycles. The van der Waals surface area contributed by atoms with E-state index in [1.807, 2.05) is 0 Å². The molecule has 90 valence electrons. The van der Waals surface area contributed by atoms with Crippen molar-refractivity contribution in [3.05, 3.63) is 0 Å². The third-order valence-corrected chi connectivity index (χ3v) is 4.36. The monoisotopic (exact) mass is 283 g/mol. The van der Waals surface area contributed by atoms with E-state index in [0.717, 1.165) is 0 Å². The summed E-state index contributed by atoms with van der Waals surface area (Å²) in [7, 11) is -1.60. The number of hydrogen-bond acceptors (Lipinski definition) is 3. The molecular formula is C7H14BF3KNO2S. The van der Waals surface area contributed by atoms with Gasteiger partial charge in [-0.1, -0.05) is 0 Å². The molecule has 0 N–H and O–H groups in total. The zero-order chi connectivity index (χ0) is 11.7. The van der Waals surface area contributed by atoms with Gasteiger partial charge < -0.3 is 17.8 Å². The van der Waals surface area contributed by atoms with Gasteiger partial charge in [-0.25, -0.2) is 8.42 Å². The minimum Gasteiger partial charge on any atom is -0.448 e. The van der Waals surface area contributed by atoms with Gasteiger partial charge in [-0.15, -0.1) is 0 Å². The molecule has 16 heavy (non-hydrogen) atoms. The van der Waals surface area contributed by atoms with Gasteiger partial charge in [0.2, 0.25) is 0 Å². The zero-order valence-electron chi connectivity index (χ0n) is 9.50. The average Bonchev–Trinajstić information content (AvgIpc) is 2.00. The molecule has 1 rings (SSSR count). The Morgan fingerprint density at radius 3 is 2.06 bits per heavy atom. The van der Waals surface area contributed by atoms with Crippen LogP contribution < -0.4 is 51.4 Å². The molecule has 1 heterocycles. The summed E-state index contributed by atoms with van der Waals surface area (Å²) in [6.07, 6.45) is -0.291. The van der Waals surface area contributed by atoms with Gasteiger partial charge in [0.15, 0.2) is 0 Å². The summed E-state index contributed by atoms with van der Waals surface area (Å²) in [4.78, 5) is 1.22. The van der Waals surface area contributed by atoms with Crippen LogP contribution in [0.25, 0.3) is 0 Å². The molecule has 1 fully saturated rings. The van der Waals surface area contributed by atoms with E-state index in [0.29, 0.717) is 12.8 Å². The molecule has 9 heteroatoms. The van der Waals surface area contributed by atoms with E-state index in [9.17, 15) is 21.4 Å². The Labute approximate surface area is 137 Å². The maximum atomic E-state index is 12.1. The van der Waals surface area contributed by atoms with E-state index in [1.165, 1.54) is 11.9 Å². The first kappa shape index (κ1) is 17.4. The Balaban J connectivity index is 0.00000225. The molecule has 0 aromatic rings. The summed E-state index contributed by atoms with van der Waals surface area (Å²) >= 11 is 0. The zero-order valence-corrected chi connectivity index (χ0v) is 13.4. The fourth-order valence-corrected chi connectivity index (χ4v) is 3.26. The molecular weight excluding hydrogens is 269 g/mol. The fraction of sp³-hybridized carbons (Fsp3) is 1.00. The van der Waals surface area contributed by atoms with Crippen LogP contribution in [0, 0.1) is 0 Å². The summed E-state index contributed by atoms with van der Waals surface area (Å²) in [5, 5.41) is 0. The van der Waals surface area contributed by atoms with Crippen molar-refractivity contribution in [2.45, 2.75) is 18.9 Å². The minimum absolute atomic E-state index is 0. The van der Waals surface area contributed by atoms with Crippen molar-refractivity contribution in [3.63, 3.8) is 0 Å². The van der Waals surface area contributed by atoms with Gasteiger partial charge in [-0.05, 0) is 26.3 Å². The number of rotatable bonds is 3. The van der Waals surface area contributed by atoms with Crippen LogP contribution in [0.3, 0.4) is 0 Å². The Bertz CT molecular complexity index is 308.